The Morgan fingerprint density at radius 3 is 2.81 bits per heavy atom. The molecule has 0 saturated carbocycles. The number of allylic oxidation sites excluding steroid dienone is 1. The van der Waals surface area contributed by atoms with Gasteiger partial charge in [-0.05, 0) is 24.6 Å². The molecule has 0 aliphatic rings. The summed E-state index contributed by atoms with van der Waals surface area (Å²) in [4.78, 5) is 12.5. The van der Waals surface area contributed by atoms with Gasteiger partial charge in [0.25, 0.3) is 0 Å². The van der Waals surface area contributed by atoms with E-state index in [0.29, 0.717) is 34.6 Å². The van der Waals surface area contributed by atoms with Crippen molar-refractivity contribution >= 4 is 28.6 Å². The van der Waals surface area contributed by atoms with Crippen LogP contribution < -0.4 is 10.1 Å². The van der Waals surface area contributed by atoms with E-state index in [-0.39, 0.29) is 17.7 Å². The molecule has 0 radical (unpaired) electrons. The molecule has 2 aromatic heterocycles. The van der Waals surface area contributed by atoms with E-state index in [2.05, 4.69) is 22.1 Å². The van der Waals surface area contributed by atoms with Gasteiger partial charge in [-0.2, -0.15) is 0 Å². The number of carbonyl (C=O) groups is 1. The van der Waals surface area contributed by atoms with Crippen LogP contribution in [0.2, 0.25) is 0 Å². The molecule has 0 unspecified atom stereocenters. The summed E-state index contributed by atoms with van der Waals surface area (Å²) in [7, 11) is 1.61. The first-order chi connectivity index (χ1) is 15.6. The molecule has 0 saturated heterocycles. The maximum absolute atomic E-state index is 12.5. The van der Waals surface area contributed by atoms with Crippen molar-refractivity contribution in [3.8, 4) is 17.3 Å². The SMILES string of the molecule is C=CCn1c(SCC(=O)N[C@H](C)c2ccccc2)nnc1-c1cc2cccc(OC)c2o1. The third kappa shape index (κ3) is 4.55. The highest BCUT2D eigenvalue weighted by Crippen LogP contribution is 2.33. The van der Waals surface area contributed by atoms with Crippen LogP contribution in [0.5, 0.6) is 5.75 Å². The summed E-state index contributed by atoms with van der Waals surface area (Å²) in [6.07, 6.45) is 1.76. The lowest BCUT2D eigenvalue weighted by Gasteiger charge is -2.14. The molecular formula is C24H24N4O3S. The smallest absolute Gasteiger partial charge is 0.230 e. The number of carbonyl (C=O) groups excluding carboxylic acids is 1. The second-order valence-electron chi connectivity index (χ2n) is 7.18. The van der Waals surface area contributed by atoms with Gasteiger partial charge in [-0.15, -0.1) is 16.8 Å². The number of hydrogen-bond donors (Lipinski definition) is 1. The van der Waals surface area contributed by atoms with Gasteiger partial charge in [0.15, 0.2) is 22.2 Å². The maximum atomic E-state index is 12.5. The molecule has 1 amide bonds. The van der Waals surface area contributed by atoms with E-state index < -0.39 is 0 Å². The van der Waals surface area contributed by atoms with Crippen LogP contribution in [-0.2, 0) is 11.3 Å². The minimum atomic E-state index is -0.0745. The zero-order valence-electron chi connectivity index (χ0n) is 17.9. The summed E-state index contributed by atoms with van der Waals surface area (Å²) in [5.41, 5.74) is 1.71. The van der Waals surface area contributed by atoms with Gasteiger partial charge in [0.05, 0.1) is 18.9 Å². The lowest BCUT2D eigenvalue weighted by molar-refractivity contribution is -0.119. The molecule has 0 spiro atoms. The van der Waals surface area contributed by atoms with Crippen molar-refractivity contribution in [3.05, 3.63) is 72.8 Å². The number of ether oxygens (including phenoxy) is 1. The summed E-state index contributed by atoms with van der Waals surface area (Å²) in [6.45, 7) is 6.29. The molecule has 32 heavy (non-hydrogen) atoms. The summed E-state index contributed by atoms with van der Waals surface area (Å²) < 4.78 is 13.3. The minimum Gasteiger partial charge on any atom is -0.493 e. The Labute approximate surface area is 190 Å². The molecule has 1 atom stereocenters. The van der Waals surface area contributed by atoms with Gasteiger partial charge in [0.2, 0.25) is 11.7 Å². The highest BCUT2D eigenvalue weighted by atomic mass is 32.2. The van der Waals surface area contributed by atoms with E-state index in [1.165, 1.54) is 11.8 Å². The van der Waals surface area contributed by atoms with Crippen molar-refractivity contribution in [3.63, 3.8) is 0 Å². The third-order valence-electron chi connectivity index (χ3n) is 4.99. The standard InChI is InChI=1S/C24H24N4O3S/c1-4-13-28-23(20-14-18-11-8-12-19(30-3)22(18)31-20)26-27-24(28)32-15-21(29)25-16(2)17-9-6-5-7-10-17/h4-12,14,16H,1,13,15H2,2-3H3,(H,25,29)/t16-/m1/s1. The molecule has 0 fully saturated rings. The molecule has 7 nitrogen and oxygen atoms in total. The van der Waals surface area contributed by atoms with Crippen molar-refractivity contribution in [2.45, 2.75) is 24.7 Å². The average Bonchev–Trinajstić information content (AvgIpc) is 3.42. The van der Waals surface area contributed by atoms with Crippen LogP contribution in [0.25, 0.3) is 22.6 Å². The minimum absolute atomic E-state index is 0.0727. The van der Waals surface area contributed by atoms with Gasteiger partial charge in [0, 0.05) is 11.9 Å². The highest BCUT2D eigenvalue weighted by Gasteiger charge is 2.19. The second kappa shape index (κ2) is 9.74. The number of fused-ring (bicyclic) bond motifs is 1. The molecule has 0 bridgehead atoms. The Hall–Kier alpha value is -3.52. The Bertz CT molecular complexity index is 1230. The van der Waals surface area contributed by atoms with Crippen molar-refractivity contribution in [2.75, 3.05) is 12.9 Å². The van der Waals surface area contributed by atoms with Crippen LogP contribution >= 0.6 is 11.8 Å². The normalized spacial score (nSPS) is 11.9. The van der Waals surface area contributed by atoms with Crippen molar-refractivity contribution in [2.24, 2.45) is 0 Å². The number of amides is 1. The monoisotopic (exact) mass is 448 g/mol. The molecule has 2 aromatic carbocycles. The van der Waals surface area contributed by atoms with E-state index in [9.17, 15) is 4.79 Å². The van der Waals surface area contributed by atoms with Gasteiger partial charge in [-0.25, -0.2) is 0 Å². The summed E-state index contributed by atoms with van der Waals surface area (Å²) in [6, 6.07) is 17.4. The molecule has 4 rings (SSSR count). The number of thioether (sulfide) groups is 1. The van der Waals surface area contributed by atoms with Gasteiger partial charge in [-0.1, -0.05) is 60.3 Å². The van der Waals surface area contributed by atoms with E-state index in [4.69, 9.17) is 9.15 Å². The van der Waals surface area contributed by atoms with Gasteiger partial charge < -0.3 is 14.5 Å². The number of rotatable bonds is 9. The first kappa shape index (κ1) is 21.7. The molecule has 0 aliphatic carbocycles. The number of furan rings is 1. The van der Waals surface area contributed by atoms with Crippen molar-refractivity contribution < 1.29 is 13.9 Å². The number of hydrogen-bond acceptors (Lipinski definition) is 6. The summed E-state index contributed by atoms with van der Waals surface area (Å²) >= 11 is 1.33. The van der Waals surface area contributed by atoms with E-state index in [0.717, 1.165) is 10.9 Å². The number of nitrogens with one attached hydrogen (secondary N) is 1. The van der Waals surface area contributed by atoms with Gasteiger partial charge in [0.1, 0.15) is 0 Å². The van der Waals surface area contributed by atoms with Crippen LogP contribution in [0, 0.1) is 0 Å². The number of methoxy groups -OCH3 is 1. The van der Waals surface area contributed by atoms with Crippen LogP contribution in [0.1, 0.15) is 18.5 Å². The number of benzene rings is 2. The first-order valence-corrected chi connectivity index (χ1v) is 11.2. The fraction of sp³-hybridized carbons (Fsp3) is 0.208. The Balaban J connectivity index is 1.51. The Kier molecular flexibility index (Phi) is 6.61. The fourth-order valence-electron chi connectivity index (χ4n) is 3.42. The zero-order valence-corrected chi connectivity index (χ0v) is 18.8. The predicted molar refractivity (Wildman–Crippen MR) is 126 cm³/mol. The zero-order chi connectivity index (χ0) is 22.5. The number of aromatic nitrogens is 3. The highest BCUT2D eigenvalue weighted by molar-refractivity contribution is 7.99. The van der Waals surface area contributed by atoms with Crippen molar-refractivity contribution in [1.29, 1.82) is 0 Å². The van der Waals surface area contributed by atoms with Crippen LogP contribution in [0.4, 0.5) is 0 Å². The molecule has 4 aromatic rings. The Morgan fingerprint density at radius 2 is 2.06 bits per heavy atom. The summed E-state index contributed by atoms with van der Waals surface area (Å²) in [5, 5.41) is 13.2. The van der Waals surface area contributed by atoms with Gasteiger partial charge >= 0.3 is 0 Å². The maximum Gasteiger partial charge on any atom is 0.230 e. The van der Waals surface area contributed by atoms with Crippen LogP contribution in [-0.4, -0.2) is 33.5 Å². The predicted octanol–water partition coefficient (Wildman–Crippen LogP) is 4.86. The third-order valence-corrected chi connectivity index (χ3v) is 5.95. The van der Waals surface area contributed by atoms with Crippen LogP contribution in [0.3, 0.4) is 0 Å². The van der Waals surface area contributed by atoms with Gasteiger partial charge in [-0.3, -0.25) is 9.36 Å². The largest absolute Gasteiger partial charge is 0.493 e. The van der Waals surface area contributed by atoms with E-state index >= 15 is 0 Å². The summed E-state index contributed by atoms with van der Waals surface area (Å²) in [5.74, 6) is 1.95. The first-order valence-electron chi connectivity index (χ1n) is 10.2. The van der Waals surface area contributed by atoms with Crippen molar-refractivity contribution in [1.82, 2.24) is 20.1 Å². The Morgan fingerprint density at radius 1 is 1.25 bits per heavy atom. The molecular weight excluding hydrogens is 424 g/mol. The number of para-hydroxylation sites is 1. The second-order valence-corrected chi connectivity index (χ2v) is 8.13. The lowest BCUT2D eigenvalue weighted by atomic mass is 10.1. The molecule has 2 heterocycles. The van der Waals surface area contributed by atoms with Crippen LogP contribution in [0.15, 0.2) is 76.8 Å². The average molecular weight is 449 g/mol. The lowest BCUT2D eigenvalue weighted by Crippen LogP contribution is -2.28. The van der Waals surface area contributed by atoms with E-state index in [1.807, 2.05) is 66.1 Å². The van der Waals surface area contributed by atoms with E-state index in [1.54, 1.807) is 13.2 Å². The molecule has 8 heteroatoms. The molecule has 164 valence electrons. The molecule has 1 N–H and O–H groups in total. The topological polar surface area (TPSA) is 82.2 Å². The fourth-order valence-corrected chi connectivity index (χ4v) is 4.18. The molecule has 0 aliphatic heterocycles. The number of nitrogens with zero attached hydrogens (tertiary/aromatic N) is 3. The quantitative estimate of drug-likeness (QED) is 0.291.